The van der Waals surface area contributed by atoms with Gasteiger partial charge in [0.1, 0.15) is 5.82 Å². The largest absolute Gasteiger partial charge is 0.207 e. The molecular formula is C18H15F. The number of fused-ring (bicyclic) bond motifs is 1. The molecular weight excluding hydrogens is 235 g/mol. The van der Waals surface area contributed by atoms with Crippen LogP contribution in [0.5, 0.6) is 0 Å². The normalized spacial score (nSPS) is 10.8. The highest BCUT2D eigenvalue weighted by molar-refractivity contribution is 5.87. The van der Waals surface area contributed by atoms with Crippen LogP contribution in [-0.4, -0.2) is 0 Å². The summed E-state index contributed by atoms with van der Waals surface area (Å²) in [5, 5.41) is 2.48. The fourth-order valence-electron chi connectivity index (χ4n) is 2.34. The first-order valence-corrected chi connectivity index (χ1v) is 6.55. The summed E-state index contributed by atoms with van der Waals surface area (Å²) in [4.78, 5) is 0. The van der Waals surface area contributed by atoms with Crippen LogP contribution < -0.4 is 0 Å². The van der Waals surface area contributed by atoms with Crippen molar-refractivity contribution < 1.29 is 4.39 Å². The molecule has 0 aromatic heterocycles. The second kappa shape index (κ2) is 4.85. The molecule has 19 heavy (non-hydrogen) atoms. The van der Waals surface area contributed by atoms with Gasteiger partial charge < -0.3 is 0 Å². The van der Waals surface area contributed by atoms with E-state index in [0.29, 0.717) is 0 Å². The van der Waals surface area contributed by atoms with E-state index in [2.05, 4.69) is 43.3 Å². The number of benzene rings is 3. The van der Waals surface area contributed by atoms with E-state index in [-0.39, 0.29) is 5.82 Å². The van der Waals surface area contributed by atoms with Gasteiger partial charge in [0.05, 0.1) is 0 Å². The van der Waals surface area contributed by atoms with Crippen LogP contribution in [0.4, 0.5) is 4.39 Å². The maximum Gasteiger partial charge on any atom is 0.123 e. The zero-order chi connectivity index (χ0) is 13.2. The molecule has 3 rings (SSSR count). The van der Waals surface area contributed by atoms with Crippen LogP contribution in [0.25, 0.3) is 21.9 Å². The third-order valence-electron chi connectivity index (χ3n) is 3.49. The molecule has 0 unspecified atom stereocenters. The molecule has 0 radical (unpaired) electrons. The van der Waals surface area contributed by atoms with E-state index in [0.717, 1.165) is 17.5 Å². The lowest BCUT2D eigenvalue weighted by atomic mass is 9.99. The number of hydrogen-bond donors (Lipinski definition) is 0. The van der Waals surface area contributed by atoms with Crippen molar-refractivity contribution in [2.24, 2.45) is 0 Å². The Hall–Kier alpha value is -2.15. The fourth-order valence-corrected chi connectivity index (χ4v) is 2.34. The van der Waals surface area contributed by atoms with Gasteiger partial charge in [-0.15, -0.1) is 0 Å². The zero-order valence-corrected chi connectivity index (χ0v) is 10.9. The maximum atomic E-state index is 12.9. The molecule has 0 heterocycles. The molecule has 0 atom stereocenters. The number of aryl methyl sites for hydroxylation is 1. The molecule has 94 valence electrons. The molecule has 1 heteroatoms. The van der Waals surface area contributed by atoms with Crippen LogP contribution in [0.3, 0.4) is 0 Å². The summed E-state index contributed by atoms with van der Waals surface area (Å²) >= 11 is 0. The van der Waals surface area contributed by atoms with Gasteiger partial charge in [-0.2, -0.15) is 0 Å². The summed E-state index contributed by atoms with van der Waals surface area (Å²) in [6.07, 6.45) is 1.05. The molecule has 0 saturated carbocycles. The molecule has 0 bridgehead atoms. The number of rotatable bonds is 2. The first kappa shape index (κ1) is 11.9. The third-order valence-corrected chi connectivity index (χ3v) is 3.49. The third kappa shape index (κ3) is 2.37. The van der Waals surface area contributed by atoms with Gasteiger partial charge in [0.2, 0.25) is 0 Å². The van der Waals surface area contributed by atoms with Crippen LogP contribution >= 0.6 is 0 Å². The van der Waals surface area contributed by atoms with Crippen LogP contribution in [0.1, 0.15) is 12.5 Å². The van der Waals surface area contributed by atoms with Crippen molar-refractivity contribution >= 4 is 10.8 Å². The van der Waals surface area contributed by atoms with Crippen LogP contribution in [0.2, 0.25) is 0 Å². The highest BCUT2D eigenvalue weighted by atomic mass is 19.1. The van der Waals surface area contributed by atoms with Gasteiger partial charge in [-0.05, 0) is 52.1 Å². The predicted molar refractivity (Wildman–Crippen MR) is 78.7 cm³/mol. The summed E-state index contributed by atoms with van der Waals surface area (Å²) in [5.41, 5.74) is 3.52. The Labute approximate surface area is 112 Å². The molecule has 0 amide bonds. The number of hydrogen-bond acceptors (Lipinski definition) is 0. The van der Waals surface area contributed by atoms with Crippen molar-refractivity contribution in [3.05, 3.63) is 72.0 Å². The highest BCUT2D eigenvalue weighted by Gasteiger charge is 2.01. The van der Waals surface area contributed by atoms with E-state index in [1.807, 2.05) is 12.1 Å². The standard InChI is InChI=1S/C18H15F/c1-2-13-3-4-17-12-16(6-5-15(17)11-13)14-7-9-18(19)10-8-14/h3-12H,2H2,1H3. The molecule has 0 aliphatic rings. The Morgan fingerprint density at radius 1 is 0.737 bits per heavy atom. The monoisotopic (exact) mass is 250 g/mol. The van der Waals surface area contributed by atoms with Crippen LogP contribution in [0, 0.1) is 5.82 Å². The minimum Gasteiger partial charge on any atom is -0.207 e. The molecule has 0 fully saturated rings. The first-order chi connectivity index (χ1) is 9.26. The van der Waals surface area contributed by atoms with Crippen molar-refractivity contribution in [2.45, 2.75) is 13.3 Å². The molecule has 0 saturated heterocycles. The van der Waals surface area contributed by atoms with Gasteiger partial charge in [-0.1, -0.05) is 49.4 Å². The molecule has 0 N–H and O–H groups in total. The Morgan fingerprint density at radius 3 is 2.11 bits per heavy atom. The summed E-state index contributed by atoms with van der Waals surface area (Å²) in [6.45, 7) is 2.16. The Morgan fingerprint density at radius 2 is 1.37 bits per heavy atom. The number of halogens is 1. The second-order valence-corrected chi connectivity index (χ2v) is 4.76. The Balaban J connectivity index is 2.08. The van der Waals surface area contributed by atoms with E-state index in [9.17, 15) is 4.39 Å². The van der Waals surface area contributed by atoms with E-state index in [1.54, 1.807) is 0 Å². The molecule has 0 nitrogen and oxygen atoms in total. The predicted octanol–water partition coefficient (Wildman–Crippen LogP) is 5.21. The van der Waals surface area contributed by atoms with Crippen molar-refractivity contribution in [1.82, 2.24) is 0 Å². The topological polar surface area (TPSA) is 0 Å². The molecule has 0 aliphatic heterocycles. The van der Waals surface area contributed by atoms with Crippen molar-refractivity contribution in [1.29, 1.82) is 0 Å². The SMILES string of the molecule is CCc1ccc2cc(-c3ccc(F)cc3)ccc2c1. The van der Waals surface area contributed by atoms with Gasteiger partial charge in [0, 0.05) is 0 Å². The van der Waals surface area contributed by atoms with E-state index in [4.69, 9.17) is 0 Å². The van der Waals surface area contributed by atoms with E-state index >= 15 is 0 Å². The van der Waals surface area contributed by atoms with Gasteiger partial charge in [0.15, 0.2) is 0 Å². The van der Waals surface area contributed by atoms with Crippen LogP contribution in [-0.2, 0) is 6.42 Å². The summed E-state index contributed by atoms with van der Waals surface area (Å²) < 4.78 is 12.9. The lowest BCUT2D eigenvalue weighted by Crippen LogP contribution is -1.83. The molecule has 0 spiro atoms. The average molecular weight is 250 g/mol. The van der Waals surface area contributed by atoms with E-state index in [1.165, 1.54) is 28.5 Å². The van der Waals surface area contributed by atoms with Crippen molar-refractivity contribution in [3.63, 3.8) is 0 Å². The second-order valence-electron chi connectivity index (χ2n) is 4.76. The minimum atomic E-state index is -0.197. The van der Waals surface area contributed by atoms with E-state index < -0.39 is 0 Å². The average Bonchev–Trinajstić information content (AvgIpc) is 2.47. The smallest absolute Gasteiger partial charge is 0.123 e. The first-order valence-electron chi connectivity index (χ1n) is 6.55. The van der Waals surface area contributed by atoms with Gasteiger partial charge in [-0.25, -0.2) is 4.39 Å². The summed E-state index contributed by atoms with van der Waals surface area (Å²) in [6, 6.07) is 19.6. The zero-order valence-electron chi connectivity index (χ0n) is 10.9. The highest BCUT2D eigenvalue weighted by Crippen LogP contribution is 2.25. The minimum absolute atomic E-state index is 0.197. The van der Waals surface area contributed by atoms with Crippen molar-refractivity contribution in [3.8, 4) is 11.1 Å². The van der Waals surface area contributed by atoms with Crippen molar-refractivity contribution in [2.75, 3.05) is 0 Å². The lowest BCUT2D eigenvalue weighted by Gasteiger charge is -2.06. The lowest BCUT2D eigenvalue weighted by molar-refractivity contribution is 0.628. The van der Waals surface area contributed by atoms with Gasteiger partial charge in [-0.3, -0.25) is 0 Å². The summed E-state index contributed by atoms with van der Waals surface area (Å²) in [5.74, 6) is -0.197. The summed E-state index contributed by atoms with van der Waals surface area (Å²) in [7, 11) is 0. The molecule has 3 aromatic rings. The Kier molecular flexibility index (Phi) is 3.04. The quantitative estimate of drug-likeness (QED) is 0.585. The fraction of sp³-hybridized carbons (Fsp3) is 0.111. The molecule has 3 aromatic carbocycles. The van der Waals surface area contributed by atoms with Crippen LogP contribution in [0.15, 0.2) is 60.7 Å². The van der Waals surface area contributed by atoms with Gasteiger partial charge in [0.25, 0.3) is 0 Å². The Bertz CT molecular complexity index is 711. The van der Waals surface area contributed by atoms with Gasteiger partial charge >= 0.3 is 0 Å². The maximum absolute atomic E-state index is 12.9. The molecule has 0 aliphatic carbocycles.